The fourth-order valence-corrected chi connectivity index (χ4v) is 1.45. The van der Waals surface area contributed by atoms with Crippen molar-refractivity contribution in [3.63, 3.8) is 0 Å². The number of methoxy groups -OCH3 is 1. The Morgan fingerprint density at radius 3 is 2.82 bits per heavy atom. The van der Waals surface area contributed by atoms with Crippen molar-refractivity contribution in [3.05, 3.63) is 28.0 Å². The van der Waals surface area contributed by atoms with Crippen LogP contribution in [0.5, 0.6) is 0 Å². The van der Waals surface area contributed by atoms with E-state index in [4.69, 9.17) is 16.9 Å². The van der Waals surface area contributed by atoms with Gasteiger partial charge in [-0.05, 0) is 6.07 Å². The van der Waals surface area contributed by atoms with Gasteiger partial charge in [-0.2, -0.15) is 5.26 Å². The van der Waals surface area contributed by atoms with E-state index < -0.39 is 24.4 Å². The standard InChI is InChI=1S/C10H7ClF2N2O2/c1-17-9(16)3-5-6(10(12)13)2-8(11)15-7(5)4-14/h2,10H,3H2,1H3. The van der Waals surface area contributed by atoms with Crippen LogP contribution in [0, 0.1) is 11.3 Å². The highest BCUT2D eigenvalue weighted by Gasteiger charge is 2.21. The molecule has 0 atom stereocenters. The summed E-state index contributed by atoms with van der Waals surface area (Å²) in [5.41, 5.74) is -0.927. The quantitative estimate of drug-likeness (QED) is 0.618. The number of rotatable bonds is 3. The van der Waals surface area contributed by atoms with Gasteiger partial charge >= 0.3 is 5.97 Å². The molecule has 0 bridgehead atoms. The predicted octanol–water partition coefficient (Wildman–Crippen LogP) is 2.26. The van der Waals surface area contributed by atoms with Crippen molar-refractivity contribution < 1.29 is 18.3 Å². The molecule has 90 valence electrons. The fourth-order valence-electron chi connectivity index (χ4n) is 1.25. The molecule has 0 N–H and O–H groups in total. The van der Waals surface area contributed by atoms with Gasteiger partial charge in [-0.1, -0.05) is 11.6 Å². The second-order valence-electron chi connectivity index (χ2n) is 3.03. The van der Waals surface area contributed by atoms with Gasteiger partial charge in [0.2, 0.25) is 0 Å². The van der Waals surface area contributed by atoms with Crippen molar-refractivity contribution in [2.75, 3.05) is 7.11 Å². The third-order valence-electron chi connectivity index (χ3n) is 2.02. The topological polar surface area (TPSA) is 63.0 Å². The maximum atomic E-state index is 12.7. The van der Waals surface area contributed by atoms with Gasteiger partial charge in [0.25, 0.3) is 6.43 Å². The number of nitrogens with zero attached hydrogens (tertiary/aromatic N) is 2. The lowest BCUT2D eigenvalue weighted by Gasteiger charge is -2.09. The van der Waals surface area contributed by atoms with Crippen LogP contribution in [0.15, 0.2) is 6.07 Å². The molecule has 0 radical (unpaired) electrons. The highest BCUT2D eigenvalue weighted by atomic mass is 35.5. The van der Waals surface area contributed by atoms with E-state index in [1.165, 1.54) is 0 Å². The van der Waals surface area contributed by atoms with Crippen molar-refractivity contribution in [2.45, 2.75) is 12.8 Å². The summed E-state index contributed by atoms with van der Waals surface area (Å²) in [7, 11) is 1.12. The van der Waals surface area contributed by atoms with E-state index in [1.54, 1.807) is 6.07 Å². The Morgan fingerprint density at radius 1 is 1.71 bits per heavy atom. The van der Waals surface area contributed by atoms with Crippen LogP contribution in [-0.2, 0) is 16.0 Å². The summed E-state index contributed by atoms with van der Waals surface area (Å²) in [6.45, 7) is 0. The maximum absolute atomic E-state index is 12.7. The lowest BCUT2D eigenvalue weighted by molar-refractivity contribution is -0.139. The second kappa shape index (κ2) is 5.55. The molecule has 0 unspecified atom stereocenters. The van der Waals surface area contributed by atoms with Gasteiger partial charge in [0.15, 0.2) is 0 Å². The van der Waals surface area contributed by atoms with Crippen LogP contribution in [0.2, 0.25) is 5.15 Å². The zero-order valence-electron chi connectivity index (χ0n) is 8.71. The summed E-state index contributed by atoms with van der Waals surface area (Å²) in [5.74, 6) is -0.729. The molecule has 1 rings (SSSR count). The van der Waals surface area contributed by atoms with Crippen molar-refractivity contribution in [1.82, 2.24) is 4.98 Å². The van der Waals surface area contributed by atoms with Crippen molar-refractivity contribution in [2.24, 2.45) is 0 Å². The van der Waals surface area contributed by atoms with Gasteiger partial charge in [0.05, 0.1) is 13.5 Å². The Hall–Kier alpha value is -1.74. The molecule has 0 aliphatic carbocycles. The van der Waals surface area contributed by atoms with Crippen LogP contribution in [0.25, 0.3) is 0 Å². The molecule has 1 aromatic rings. The van der Waals surface area contributed by atoms with Crippen molar-refractivity contribution in [1.29, 1.82) is 5.26 Å². The normalized spacial score (nSPS) is 10.1. The van der Waals surface area contributed by atoms with Crippen LogP contribution < -0.4 is 0 Å². The Bertz CT molecular complexity index is 486. The molecule has 0 amide bonds. The van der Waals surface area contributed by atoms with Crippen molar-refractivity contribution in [3.8, 4) is 6.07 Å². The molecule has 7 heteroatoms. The molecule has 0 spiro atoms. The molecule has 0 aliphatic rings. The summed E-state index contributed by atoms with van der Waals surface area (Å²) in [5, 5.41) is 8.55. The number of nitriles is 1. The molecule has 0 aromatic carbocycles. The molecule has 0 saturated carbocycles. The number of halogens is 3. The molecular weight excluding hydrogens is 254 g/mol. The number of alkyl halides is 2. The number of aromatic nitrogens is 1. The summed E-state index contributed by atoms with van der Waals surface area (Å²) in [6.07, 6.45) is -3.29. The number of pyridine rings is 1. The number of carbonyl (C=O) groups excluding carboxylic acids is 1. The first kappa shape index (κ1) is 13.3. The van der Waals surface area contributed by atoms with Crippen LogP contribution in [0.4, 0.5) is 8.78 Å². The van der Waals surface area contributed by atoms with E-state index in [0.717, 1.165) is 13.2 Å². The number of hydrogen-bond acceptors (Lipinski definition) is 4. The minimum atomic E-state index is -2.85. The van der Waals surface area contributed by atoms with Gasteiger partial charge in [0, 0.05) is 11.1 Å². The van der Waals surface area contributed by atoms with Crippen LogP contribution in [0.3, 0.4) is 0 Å². The monoisotopic (exact) mass is 260 g/mol. The van der Waals surface area contributed by atoms with Gasteiger partial charge < -0.3 is 4.74 Å². The van der Waals surface area contributed by atoms with Gasteiger partial charge in [-0.25, -0.2) is 13.8 Å². The summed E-state index contributed by atoms with van der Waals surface area (Å²) in [4.78, 5) is 14.7. The Kier molecular flexibility index (Phi) is 4.35. The zero-order valence-corrected chi connectivity index (χ0v) is 9.46. The average molecular weight is 261 g/mol. The maximum Gasteiger partial charge on any atom is 0.310 e. The summed E-state index contributed by atoms with van der Waals surface area (Å²) >= 11 is 5.50. The molecule has 17 heavy (non-hydrogen) atoms. The van der Waals surface area contributed by atoms with E-state index in [0.29, 0.717) is 0 Å². The highest BCUT2D eigenvalue weighted by Crippen LogP contribution is 2.27. The van der Waals surface area contributed by atoms with E-state index in [1.807, 2.05) is 0 Å². The van der Waals surface area contributed by atoms with E-state index in [2.05, 4.69) is 9.72 Å². The first-order valence-electron chi connectivity index (χ1n) is 4.44. The van der Waals surface area contributed by atoms with Gasteiger partial charge in [-0.15, -0.1) is 0 Å². The minimum absolute atomic E-state index is 0.154. The van der Waals surface area contributed by atoms with Crippen molar-refractivity contribution >= 4 is 17.6 Å². The molecule has 4 nitrogen and oxygen atoms in total. The number of carbonyl (C=O) groups is 1. The van der Waals surface area contributed by atoms with E-state index >= 15 is 0 Å². The third kappa shape index (κ3) is 3.11. The molecule has 1 aromatic heterocycles. The Balaban J connectivity index is 3.33. The lowest BCUT2D eigenvalue weighted by atomic mass is 10.0. The number of ether oxygens (including phenoxy) is 1. The molecule has 1 heterocycles. The second-order valence-corrected chi connectivity index (χ2v) is 3.41. The molecular formula is C10H7ClF2N2O2. The number of hydrogen-bond donors (Lipinski definition) is 0. The molecule has 0 aliphatic heterocycles. The first-order chi connectivity index (χ1) is 7.99. The Labute approximate surface area is 101 Å². The zero-order chi connectivity index (χ0) is 13.0. The SMILES string of the molecule is COC(=O)Cc1c(C(F)F)cc(Cl)nc1C#N. The van der Waals surface area contributed by atoms with Gasteiger partial charge in [-0.3, -0.25) is 4.79 Å². The third-order valence-corrected chi connectivity index (χ3v) is 2.21. The summed E-state index contributed by atoms with van der Waals surface area (Å²) in [6, 6.07) is 2.56. The largest absolute Gasteiger partial charge is 0.469 e. The number of esters is 1. The Morgan fingerprint density at radius 2 is 2.35 bits per heavy atom. The average Bonchev–Trinajstić information content (AvgIpc) is 2.30. The minimum Gasteiger partial charge on any atom is -0.469 e. The van der Waals surface area contributed by atoms with Crippen LogP contribution >= 0.6 is 11.6 Å². The van der Waals surface area contributed by atoms with Crippen LogP contribution in [0.1, 0.15) is 23.2 Å². The van der Waals surface area contributed by atoms with Gasteiger partial charge in [0.1, 0.15) is 16.9 Å². The van der Waals surface area contributed by atoms with E-state index in [-0.39, 0.29) is 16.4 Å². The van der Waals surface area contributed by atoms with Crippen LogP contribution in [-0.4, -0.2) is 18.1 Å². The van der Waals surface area contributed by atoms with E-state index in [9.17, 15) is 13.6 Å². The molecule has 0 fully saturated rings. The summed E-state index contributed by atoms with van der Waals surface area (Å²) < 4.78 is 29.8. The highest BCUT2D eigenvalue weighted by molar-refractivity contribution is 6.29. The smallest absolute Gasteiger partial charge is 0.310 e. The predicted molar refractivity (Wildman–Crippen MR) is 54.6 cm³/mol. The molecule has 0 saturated heterocycles. The fraction of sp³-hybridized carbons (Fsp3) is 0.300. The first-order valence-corrected chi connectivity index (χ1v) is 4.81. The lowest BCUT2D eigenvalue weighted by Crippen LogP contribution is -2.10.